The average Bonchev–Trinajstić information content (AvgIpc) is 2.96. The Labute approximate surface area is 199 Å². The highest BCUT2D eigenvalue weighted by atomic mass is 19.4. The van der Waals surface area contributed by atoms with Crippen LogP contribution in [0.25, 0.3) is 0 Å². The molecule has 0 aromatic heterocycles. The maximum atomic E-state index is 13.3. The molecule has 0 saturated heterocycles. The normalized spacial score (nSPS) is 15.7. The van der Waals surface area contributed by atoms with E-state index in [1.807, 2.05) is 6.92 Å². The molecule has 3 aromatic rings. The van der Waals surface area contributed by atoms with Gasteiger partial charge in [-0.2, -0.15) is 13.2 Å². The molecule has 0 spiro atoms. The average molecular weight is 486 g/mol. The Hall–Kier alpha value is -3.88. The first-order valence-corrected chi connectivity index (χ1v) is 11.0. The van der Waals surface area contributed by atoms with Crippen molar-refractivity contribution in [2.45, 2.75) is 38.7 Å². The lowest BCUT2D eigenvalue weighted by Crippen LogP contribution is -2.38. The van der Waals surface area contributed by atoms with Gasteiger partial charge in [-0.05, 0) is 66.6 Å². The molecule has 1 atom stereocenters. The summed E-state index contributed by atoms with van der Waals surface area (Å²) in [4.78, 5) is 27.2. The van der Waals surface area contributed by atoms with Crippen LogP contribution in [-0.2, 0) is 24.1 Å². The Morgan fingerprint density at radius 2 is 1.74 bits per heavy atom. The molecular weight excluding hydrogens is 464 g/mol. The van der Waals surface area contributed by atoms with E-state index in [9.17, 15) is 27.2 Å². The number of carbonyl (C=O) groups is 2. The molecule has 9 heteroatoms. The summed E-state index contributed by atoms with van der Waals surface area (Å²) < 4.78 is 57.5. The Balaban J connectivity index is 1.55. The molecule has 0 fully saturated rings. The van der Waals surface area contributed by atoms with Crippen LogP contribution in [0.2, 0.25) is 0 Å². The quantitative estimate of drug-likeness (QED) is 0.464. The number of nitrogens with one attached hydrogen (secondary N) is 1. The van der Waals surface area contributed by atoms with Crippen LogP contribution < -0.4 is 10.1 Å². The Morgan fingerprint density at radius 3 is 2.37 bits per heavy atom. The highest BCUT2D eigenvalue weighted by molar-refractivity contribution is 6.04. The second-order valence-electron chi connectivity index (χ2n) is 8.19. The minimum absolute atomic E-state index is 0.0726. The topological polar surface area (TPSA) is 58.6 Å². The van der Waals surface area contributed by atoms with Crippen molar-refractivity contribution in [3.63, 3.8) is 0 Å². The Morgan fingerprint density at radius 1 is 1.06 bits per heavy atom. The fourth-order valence-electron chi connectivity index (χ4n) is 3.80. The Kier molecular flexibility index (Phi) is 6.77. The maximum Gasteiger partial charge on any atom is 0.416 e. The van der Waals surface area contributed by atoms with Crippen LogP contribution in [0.3, 0.4) is 0 Å². The van der Waals surface area contributed by atoms with Gasteiger partial charge in [0.2, 0.25) is 0 Å². The second kappa shape index (κ2) is 9.77. The van der Waals surface area contributed by atoms with Crippen molar-refractivity contribution in [3.8, 4) is 5.75 Å². The summed E-state index contributed by atoms with van der Waals surface area (Å²) in [5, 5.41) is 2.67. The minimum Gasteiger partial charge on any atom is -0.480 e. The number of hydrogen-bond acceptors (Lipinski definition) is 3. The van der Waals surface area contributed by atoms with Crippen LogP contribution in [-0.4, -0.2) is 22.8 Å². The lowest BCUT2D eigenvalue weighted by atomic mass is 10.1. The van der Waals surface area contributed by atoms with Crippen molar-refractivity contribution < 1.29 is 31.9 Å². The Bertz CT molecular complexity index is 1220. The zero-order valence-corrected chi connectivity index (χ0v) is 18.7. The SMILES string of the molecule is CCC1Oc2ccc(NC(=O)c3ccc(C(F)(F)F)cc3)cc2CN(Cc2ccc(F)cc2)C1=O. The first-order valence-electron chi connectivity index (χ1n) is 11.0. The first kappa shape index (κ1) is 24.3. The van der Waals surface area contributed by atoms with Gasteiger partial charge < -0.3 is 15.0 Å². The van der Waals surface area contributed by atoms with Gasteiger partial charge in [0, 0.05) is 29.9 Å². The number of rotatable bonds is 5. The molecule has 0 aliphatic carbocycles. The lowest BCUT2D eigenvalue weighted by molar-refractivity contribution is -0.139. The molecule has 0 saturated carbocycles. The minimum atomic E-state index is -4.49. The third kappa shape index (κ3) is 5.62. The number of fused-ring (bicyclic) bond motifs is 1. The summed E-state index contributed by atoms with van der Waals surface area (Å²) in [5.41, 5.74) is 1.05. The van der Waals surface area contributed by atoms with E-state index < -0.39 is 23.8 Å². The molecule has 5 nitrogen and oxygen atoms in total. The molecule has 1 unspecified atom stereocenters. The maximum absolute atomic E-state index is 13.3. The van der Waals surface area contributed by atoms with Crippen molar-refractivity contribution in [2.75, 3.05) is 5.32 Å². The monoisotopic (exact) mass is 486 g/mol. The van der Waals surface area contributed by atoms with E-state index in [0.717, 1.165) is 29.8 Å². The van der Waals surface area contributed by atoms with E-state index in [1.54, 1.807) is 35.2 Å². The van der Waals surface area contributed by atoms with E-state index in [2.05, 4.69) is 5.32 Å². The third-order valence-corrected chi connectivity index (χ3v) is 5.67. The molecule has 0 radical (unpaired) electrons. The van der Waals surface area contributed by atoms with Gasteiger partial charge in [0.05, 0.1) is 5.56 Å². The van der Waals surface area contributed by atoms with Gasteiger partial charge in [0.25, 0.3) is 11.8 Å². The van der Waals surface area contributed by atoms with Crippen LogP contribution >= 0.6 is 0 Å². The van der Waals surface area contributed by atoms with Crippen molar-refractivity contribution in [2.24, 2.45) is 0 Å². The number of benzene rings is 3. The number of halogens is 4. The van der Waals surface area contributed by atoms with Gasteiger partial charge in [-0.25, -0.2) is 4.39 Å². The van der Waals surface area contributed by atoms with Crippen LogP contribution in [0.5, 0.6) is 5.75 Å². The van der Waals surface area contributed by atoms with Gasteiger partial charge in [0.1, 0.15) is 11.6 Å². The highest BCUT2D eigenvalue weighted by Crippen LogP contribution is 2.31. The van der Waals surface area contributed by atoms with Crippen LogP contribution in [0.4, 0.5) is 23.2 Å². The number of amides is 2. The molecule has 4 rings (SSSR count). The lowest BCUT2D eigenvalue weighted by Gasteiger charge is -2.23. The first-order chi connectivity index (χ1) is 16.6. The van der Waals surface area contributed by atoms with E-state index in [1.165, 1.54) is 12.1 Å². The molecule has 1 aliphatic rings. The zero-order valence-electron chi connectivity index (χ0n) is 18.7. The predicted molar refractivity (Wildman–Crippen MR) is 121 cm³/mol. The number of carbonyl (C=O) groups excluding carboxylic acids is 2. The molecule has 1 aliphatic heterocycles. The van der Waals surface area contributed by atoms with Crippen molar-refractivity contribution in [3.05, 3.63) is 94.8 Å². The molecular formula is C26H22F4N2O3. The standard InChI is InChI=1S/C26H22F4N2O3/c1-2-22-25(34)32(14-16-3-9-20(27)10-4-16)15-18-13-21(11-12-23(18)35-22)31-24(33)17-5-7-19(8-6-17)26(28,29)30/h3-13,22H,2,14-15H2,1H3,(H,31,33). The highest BCUT2D eigenvalue weighted by Gasteiger charge is 2.31. The summed E-state index contributed by atoms with van der Waals surface area (Å²) in [6, 6.07) is 14.7. The molecule has 1 N–H and O–H groups in total. The summed E-state index contributed by atoms with van der Waals surface area (Å²) >= 11 is 0. The van der Waals surface area contributed by atoms with Crippen molar-refractivity contribution >= 4 is 17.5 Å². The van der Waals surface area contributed by atoms with Crippen molar-refractivity contribution in [1.29, 1.82) is 0 Å². The van der Waals surface area contributed by atoms with Gasteiger partial charge in [-0.1, -0.05) is 19.1 Å². The summed E-state index contributed by atoms with van der Waals surface area (Å²) in [6.07, 6.45) is -4.73. The molecule has 1 heterocycles. The van der Waals surface area contributed by atoms with Gasteiger partial charge in [-0.15, -0.1) is 0 Å². The number of nitrogens with zero attached hydrogens (tertiary/aromatic N) is 1. The summed E-state index contributed by atoms with van der Waals surface area (Å²) in [5.74, 6) is -0.647. The number of ether oxygens (including phenoxy) is 1. The van der Waals surface area contributed by atoms with Crippen LogP contribution in [0, 0.1) is 5.82 Å². The fourth-order valence-corrected chi connectivity index (χ4v) is 3.80. The molecule has 3 aromatic carbocycles. The summed E-state index contributed by atoms with van der Waals surface area (Å²) in [6.45, 7) is 2.29. The van der Waals surface area contributed by atoms with E-state index in [-0.39, 0.29) is 30.4 Å². The third-order valence-electron chi connectivity index (χ3n) is 5.67. The summed E-state index contributed by atoms with van der Waals surface area (Å²) in [7, 11) is 0. The number of alkyl halides is 3. The predicted octanol–water partition coefficient (Wildman–Crippen LogP) is 5.80. The smallest absolute Gasteiger partial charge is 0.416 e. The van der Waals surface area contributed by atoms with Gasteiger partial charge in [-0.3, -0.25) is 9.59 Å². The second-order valence-corrected chi connectivity index (χ2v) is 8.19. The van der Waals surface area contributed by atoms with Gasteiger partial charge >= 0.3 is 6.18 Å². The molecule has 2 amide bonds. The zero-order chi connectivity index (χ0) is 25.2. The number of anilines is 1. The van der Waals surface area contributed by atoms with E-state index in [0.29, 0.717) is 23.4 Å². The van der Waals surface area contributed by atoms with E-state index in [4.69, 9.17) is 4.74 Å². The van der Waals surface area contributed by atoms with Crippen LogP contribution in [0.15, 0.2) is 66.7 Å². The largest absolute Gasteiger partial charge is 0.480 e. The molecule has 182 valence electrons. The molecule has 35 heavy (non-hydrogen) atoms. The van der Waals surface area contributed by atoms with Crippen LogP contribution in [0.1, 0.15) is 40.4 Å². The van der Waals surface area contributed by atoms with Crippen molar-refractivity contribution in [1.82, 2.24) is 4.90 Å². The molecule has 0 bridgehead atoms. The fraction of sp³-hybridized carbons (Fsp3) is 0.231. The van der Waals surface area contributed by atoms with Gasteiger partial charge in [0.15, 0.2) is 6.10 Å². The van der Waals surface area contributed by atoms with E-state index >= 15 is 0 Å². The number of hydrogen-bond donors (Lipinski definition) is 1.